The highest BCUT2D eigenvalue weighted by Gasteiger charge is 2.28. The smallest absolute Gasteiger partial charge is 0.308 e. The molecule has 0 spiro atoms. The molecule has 0 fully saturated rings. The lowest BCUT2D eigenvalue weighted by Gasteiger charge is -2.20. The molecule has 2 rings (SSSR count). The van der Waals surface area contributed by atoms with Gasteiger partial charge in [-0.1, -0.05) is 43.7 Å². The van der Waals surface area contributed by atoms with E-state index in [1.165, 1.54) is 25.3 Å². The number of ether oxygens (including phenoxy) is 1. The molecule has 0 unspecified atom stereocenters. The molecule has 2 aromatic rings. The fourth-order valence-electron chi connectivity index (χ4n) is 2.51. The van der Waals surface area contributed by atoms with Crippen LogP contribution in [0.25, 0.3) is 0 Å². The van der Waals surface area contributed by atoms with Gasteiger partial charge in [0.1, 0.15) is 11.8 Å². The lowest BCUT2D eigenvalue weighted by Crippen LogP contribution is -2.48. The second-order valence-electron chi connectivity index (χ2n) is 7.06. The minimum absolute atomic E-state index is 0.0809. The molecule has 0 heterocycles. The van der Waals surface area contributed by atoms with Gasteiger partial charge in [0.2, 0.25) is 10.0 Å². The monoisotopic (exact) mass is 431 g/mol. The first-order valence-electron chi connectivity index (χ1n) is 9.29. The van der Waals surface area contributed by atoms with Gasteiger partial charge in [-0.15, -0.1) is 0 Å². The van der Waals surface area contributed by atoms with E-state index in [9.17, 15) is 18.0 Å². The van der Waals surface area contributed by atoms with Crippen LogP contribution in [-0.2, 0) is 19.6 Å². The van der Waals surface area contributed by atoms with Crippen LogP contribution in [0.5, 0.6) is 5.75 Å². The summed E-state index contributed by atoms with van der Waals surface area (Å²) < 4.78 is 32.7. The summed E-state index contributed by atoms with van der Waals surface area (Å²) in [7, 11) is -3.87. The van der Waals surface area contributed by atoms with Gasteiger partial charge in [0.25, 0.3) is 5.91 Å². The standard InChI is InChI=1S/C21H25N3O5S/c1-14(2)20(24-30(27,28)19-10-8-15(3)9-11-19)21(26)23-22-13-17-6-5-7-18(12-17)29-16(4)25/h5-14,20,24H,1-4H3,(H,23,26)/b22-13-/t20-/m0/s1. The van der Waals surface area contributed by atoms with Crippen LogP contribution in [0.15, 0.2) is 58.5 Å². The molecule has 30 heavy (non-hydrogen) atoms. The fraction of sp³-hybridized carbons (Fsp3) is 0.286. The highest BCUT2D eigenvalue weighted by Crippen LogP contribution is 2.14. The lowest BCUT2D eigenvalue weighted by molar-refractivity contribution is -0.131. The van der Waals surface area contributed by atoms with Crippen LogP contribution in [0.3, 0.4) is 0 Å². The van der Waals surface area contributed by atoms with Crippen LogP contribution >= 0.6 is 0 Å². The van der Waals surface area contributed by atoms with Crippen molar-refractivity contribution in [2.45, 2.75) is 38.6 Å². The zero-order chi connectivity index (χ0) is 22.3. The summed E-state index contributed by atoms with van der Waals surface area (Å²) in [5, 5.41) is 3.88. The molecule has 0 aliphatic heterocycles. The van der Waals surface area contributed by atoms with Crippen LogP contribution in [0.1, 0.15) is 31.9 Å². The molecule has 160 valence electrons. The zero-order valence-electron chi connectivity index (χ0n) is 17.2. The van der Waals surface area contributed by atoms with Crippen molar-refractivity contribution in [3.63, 3.8) is 0 Å². The Balaban J connectivity index is 2.08. The van der Waals surface area contributed by atoms with Crippen molar-refractivity contribution < 1.29 is 22.7 Å². The Morgan fingerprint density at radius 2 is 1.77 bits per heavy atom. The van der Waals surface area contributed by atoms with Crippen molar-refractivity contribution in [1.29, 1.82) is 0 Å². The van der Waals surface area contributed by atoms with E-state index >= 15 is 0 Å². The molecule has 0 saturated heterocycles. The van der Waals surface area contributed by atoms with Gasteiger partial charge in [-0.2, -0.15) is 9.82 Å². The van der Waals surface area contributed by atoms with Crippen LogP contribution in [0, 0.1) is 12.8 Å². The van der Waals surface area contributed by atoms with Crippen LogP contribution in [0.2, 0.25) is 0 Å². The van der Waals surface area contributed by atoms with Crippen LogP contribution < -0.4 is 14.9 Å². The third-order valence-electron chi connectivity index (χ3n) is 4.07. The van der Waals surface area contributed by atoms with E-state index in [2.05, 4.69) is 15.2 Å². The molecular formula is C21H25N3O5S. The predicted octanol–water partition coefficient (Wildman–Crippen LogP) is 2.37. The molecule has 0 radical (unpaired) electrons. The topological polar surface area (TPSA) is 114 Å². The molecule has 0 aliphatic carbocycles. The number of esters is 1. The number of sulfonamides is 1. The van der Waals surface area contributed by atoms with Crippen LogP contribution in [0.4, 0.5) is 0 Å². The molecule has 0 saturated carbocycles. The number of nitrogens with zero attached hydrogens (tertiary/aromatic N) is 1. The molecule has 2 N–H and O–H groups in total. The number of rotatable bonds is 8. The second kappa shape index (κ2) is 10.1. The Labute approximate surface area is 176 Å². The maximum Gasteiger partial charge on any atom is 0.308 e. The third-order valence-corrected chi connectivity index (χ3v) is 5.53. The second-order valence-corrected chi connectivity index (χ2v) is 8.77. The number of amides is 1. The molecule has 1 amide bonds. The number of hydrogen-bond acceptors (Lipinski definition) is 6. The molecule has 8 nitrogen and oxygen atoms in total. The van der Waals surface area contributed by atoms with Gasteiger partial charge in [-0.3, -0.25) is 9.59 Å². The highest BCUT2D eigenvalue weighted by molar-refractivity contribution is 7.89. The summed E-state index contributed by atoms with van der Waals surface area (Å²) in [4.78, 5) is 23.6. The quantitative estimate of drug-likeness (QED) is 0.288. The maximum atomic E-state index is 12.6. The molecule has 0 aromatic heterocycles. The van der Waals surface area contributed by atoms with Crippen molar-refractivity contribution in [2.24, 2.45) is 11.0 Å². The Kier molecular flexibility index (Phi) is 7.85. The van der Waals surface area contributed by atoms with E-state index in [0.29, 0.717) is 11.3 Å². The third kappa shape index (κ3) is 6.78. The molecule has 1 atom stereocenters. The van der Waals surface area contributed by atoms with Gasteiger partial charge < -0.3 is 4.74 Å². The Morgan fingerprint density at radius 3 is 2.37 bits per heavy atom. The number of benzene rings is 2. The van der Waals surface area contributed by atoms with Gasteiger partial charge >= 0.3 is 5.97 Å². The fourth-order valence-corrected chi connectivity index (χ4v) is 3.85. The lowest BCUT2D eigenvalue weighted by atomic mass is 10.1. The number of nitrogens with one attached hydrogen (secondary N) is 2. The van der Waals surface area contributed by atoms with E-state index in [-0.39, 0.29) is 10.8 Å². The molecule has 0 aliphatic rings. The largest absolute Gasteiger partial charge is 0.427 e. The first-order chi connectivity index (χ1) is 14.1. The summed E-state index contributed by atoms with van der Waals surface area (Å²) >= 11 is 0. The van der Waals surface area contributed by atoms with E-state index < -0.39 is 27.9 Å². The van der Waals surface area contributed by atoms with Gasteiger partial charge in [0.15, 0.2) is 0 Å². The molecular weight excluding hydrogens is 406 g/mol. The Bertz CT molecular complexity index is 1030. The van der Waals surface area contributed by atoms with E-state index in [1.807, 2.05) is 6.92 Å². The summed E-state index contributed by atoms with van der Waals surface area (Å²) in [5.74, 6) is -0.998. The number of carbonyl (C=O) groups excluding carboxylic acids is 2. The van der Waals surface area contributed by atoms with Gasteiger partial charge in [-0.05, 0) is 42.7 Å². The molecule has 2 aromatic carbocycles. The Hall–Kier alpha value is -3.04. The Morgan fingerprint density at radius 1 is 1.10 bits per heavy atom. The minimum Gasteiger partial charge on any atom is -0.427 e. The predicted molar refractivity (Wildman–Crippen MR) is 114 cm³/mol. The number of aryl methyl sites for hydroxylation is 1. The summed E-state index contributed by atoms with van der Waals surface area (Å²) in [6, 6.07) is 11.9. The molecule has 0 bridgehead atoms. The molecule has 9 heteroatoms. The first kappa shape index (κ1) is 23.2. The van der Waals surface area contributed by atoms with Gasteiger partial charge in [-0.25, -0.2) is 13.8 Å². The van der Waals surface area contributed by atoms with E-state index in [1.54, 1.807) is 50.2 Å². The van der Waals surface area contributed by atoms with Gasteiger partial charge in [0.05, 0.1) is 11.1 Å². The summed E-state index contributed by atoms with van der Waals surface area (Å²) in [5.41, 5.74) is 3.87. The maximum absolute atomic E-state index is 12.6. The van der Waals surface area contributed by atoms with Crippen LogP contribution in [-0.4, -0.2) is 32.6 Å². The SMILES string of the molecule is CC(=O)Oc1cccc(/C=N\NC(=O)[C@@H](NS(=O)(=O)c2ccc(C)cc2)C(C)C)c1. The minimum atomic E-state index is -3.87. The van der Waals surface area contributed by atoms with Crippen molar-refractivity contribution in [2.75, 3.05) is 0 Å². The number of carbonyl (C=O) groups is 2. The average Bonchev–Trinajstić information content (AvgIpc) is 2.66. The summed E-state index contributed by atoms with van der Waals surface area (Å²) in [6.07, 6.45) is 1.37. The van der Waals surface area contributed by atoms with Crippen molar-refractivity contribution in [1.82, 2.24) is 10.1 Å². The number of hydrazone groups is 1. The number of hydrogen-bond donors (Lipinski definition) is 2. The van der Waals surface area contributed by atoms with Crippen molar-refractivity contribution in [3.8, 4) is 5.75 Å². The van der Waals surface area contributed by atoms with Gasteiger partial charge in [0, 0.05) is 6.92 Å². The summed E-state index contributed by atoms with van der Waals surface area (Å²) in [6.45, 7) is 6.61. The highest BCUT2D eigenvalue weighted by atomic mass is 32.2. The zero-order valence-corrected chi connectivity index (χ0v) is 18.1. The average molecular weight is 432 g/mol. The van der Waals surface area contributed by atoms with Crippen molar-refractivity contribution in [3.05, 3.63) is 59.7 Å². The normalized spacial score (nSPS) is 12.7. The first-order valence-corrected chi connectivity index (χ1v) is 10.8. The van der Waals surface area contributed by atoms with E-state index in [4.69, 9.17) is 4.74 Å². The van der Waals surface area contributed by atoms with Crippen molar-refractivity contribution >= 4 is 28.1 Å². The van der Waals surface area contributed by atoms with E-state index in [0.717, 1.165) is 5.56 Å².